The molecule has 0 radical (unpaired) electrons. The molecule has 1 rings (SSSR count). The van der Waals surface area contributed by atoms with Gasteiger partial charge in [0.15, 0.2) is 0 Å². The summed E-state index contributed by atoms with van der Waals surface area (Å²) in [5.41, 5.74) is 0.916. The Labute approximate surface area is 91.1 Å². The fourth-order valence-corrected chi connectivity index (χ4v) is 1.64. The van der Waals surface area contributed by atoms with E-state index in [1.165, 1.54) is 6.07 Å². The van der Waals surface area contributed by atoms with Crippen molar-refractivity contribution < 1.29 is 4.39 Å². The third-order valence-electron chi connectivity index (χ3n) is 2.35. The van der Waals surface area contributed by atoms with Crippen molar-refractivity contribution in [2.45, 2.75) is 19.9 Å². The van der Waals surface area contributed by atoms with Crippen LogP contribution in [0.15, 0.2) is 24.3 Å². The van der Waals surface area contributed by atoms with Crippen LogP contribution in [0.5, 0.6) is 0 Å². The Morgan fingerprint density at radius 1 is 1.47 bits per heavy atom. The van der Waals surface area contributed by atoms with Crippen LogP contribution in [0.1, 0.15) is 13.8 Å². The maximum Gasteiger partial charge on any atom is 0.125 e. The normalized spacial score (nSPS) is 12.5. The zero-order chi connectivity index (χ0) is 11.3. The van der Waals surface area contributed by atoms with Crippen molar-refractivity contribution >= 4 is 5.69 Å². The summed E-state index contributed by atoms with van der Waals surface area (Å²) in [5.74, 6) is -0.185. The van der Waals surface area contributed by atoms with Gasteiger partial charge in [-0.3, -0.25) is 0 Å². The van der Waals surface area contributed by atoms with Crippen molar-refractivity contribution in [3.05, 3.63) is 30.1 Å². The fourth-order valence-electron chi connectivity index (χ4n) is 1.64. The van der Waals surface area contributed by atoms with E-state index in [1.54, 1.807) is 12.1 Å². The summed E-state index contributed by atoms with van der Waals surface area (Å²) in [6.07, 6.45) is 0. The molecule has 0 amide bonds. The zero-order valence-corrected chi connectivity index (χ0v) is 9.63. The van der Waals surface area contributed by atoms with Crippen LogP contribution >= 0.6 is 0 Å². The molecule has 0 fully saturated rings. The minimum atomic E-state index is -0.185. The highest BCUT2D eigenvalue weighted by atomic mass is 19.1. The topological polar surface area (TPSA) is 15.3 Å². The SMILES string of the molecule is CCNC(C)CN(C)c1cccc(F)c1. The molecule has 0 aliphatic heterocycles. The molecule has 0 aliphatic rings. The van der Waals surface area contributed by atoms with Crippen LogP contribution in [-0.4, -0.2) is 26.2 Å². The van der Waals surface area contributed by atoms with E-state index in [-0.39, 0.29) is 5.82 Å². The molecule has 2 nitrogen and oxygen atoms in total. The van der Waals surface area contributed by atoms with E-state index in [9.17, 15) is 4.39 Å². The Bertz CT molecular complexity index is 301. The van der Waals surface area contributed by atoms with Gasteiger partial charge in [-0.25, -0.2) is 4.39 Å². The minimum absolute atomic E-state index is 0.185. The van der Waals surface area contributed by atoms with Gasteiger partial charge in [-0.15, -0.1) is 0 Å². The molecule has 15 heavy (non-hydrogen) atoms. The van der Waals surface area contributed by atoms with Crippen LogP contribution in [0.4, 0.5) is 10.1 Å². The molecule has 0 saturated heterocycles. The fraction of sp³-hybridized carbons (Fsp3) is 0.500. The number of benzene rings is 1. The van der Waals surface area contributed by atoms with Crippen LogP contribution in [0.25, 0.3) is 0 Å². The van der Waals surface area contributed by atoms with Crippen LogP contribution in [0.3, 0.4) is 0 Å². The minimum Gasteiger partial charge on any atom is -0.373 e. The van der Waals surface area contributed by atoms with Crippen LogP contribution in [0.2, 0.25) is 0 Å². The van der Waals surface area contributed by atoms with Crippen LogP contribution in [-0.2, 0) is 0 Å². The number of halogens is 1. The monoisotopic (exact) mass is 210 g/mol. The summed E-state index contributed by atoms with van der Waals surface area (Å²) >= 11 is 0. The first-order valence-corrected chi connectivity index (χ1v) is 5.33. The Kier molecular flexibility index (Phi) is 4.56. The van der Waals surface area contributed by atoms with Crippen molar-refractivity contribution in [2.75, 3.05) is 25.0 Å². The van der Waals surface area contributed by atoms with Gasteiger partial charge in [0.25, 0.3) is 0 Å². The third kappa shape index (κ3) is 3.88. The first-order chi connectivity index (χ1) is 7.13. The molecule has 1 N–H and O–H groups in total. The van der Waals surface area contributed by atoms with Crippen molar-refractivity contribution in [3.8, 4) is 0 Å². The second-order valence-electron chi connectivity index (χ2n) is 3.82. The summed E-state index contributed by atoms with van der Waals surface area (Å²) in [7, 11) is 1.97. The molecule has 1 aromatic carbocycles. The number of rotatable bonds is 5. The van der Waals surface area contributed by atoms with E-state index >= 15 is 0 Å². The highest BCUT2D eigenvalue weighted by Gasteiger charge is 2.06. The highest BCUT2D eigenvalue weighted by molar-refractivity contribution is 5.45. The van der Waals surface area contributed by atoms with E-state index in [4.69, 9.17) is 0 Å². The molecule has 0 aromatic heterocycles. The molecular formula is C12H19FN2. The summed E-state index contributed by atoms with van der Waals surface area (Å²) in [4.78, 5) is 2.05. The molecule has 3 heteroatoms. The molecule has 84 valence electrons. The first-order valence-electron chi connectivity index (χ1n) is 5.33. The number of hydrogen-bond acceptors (Lipinski definition) is 2. The standard InChI is InChI=1S/C12H19FN2/c1-4-14-10(2)9-15(3)12-7-5-6-11(13)8-12/h5-8,10,14H,4,9H2,1-3H3. The summed E-state index contributed by atoms with van der Waals surface area (Å²) in [6, 6.07) is 7.08. The van der Waals surface area contributed by atoms with Crippen molar-refractivity contribution in [1.82, 2.24) is 5.32 Å². The van der Waals surface area contributed by atoms with Gasteiger partial charge in [0.2, 0.25) is 0 Å². The van der Waals surface area contributed by atoms with E-state index in [1.807, 2.05) is 13.1 Å². The molecule has 1 aromatic rings. The Morgan fingerprint density at radius 3 is 2.80 bits per heavy atom. The lowest BCUT2D eigenvalue weighted by Crippen LogP contribution is -2.37. The lowest BCUT2D eigenvalue weighted by Gasteiger charge is -2.23. The van der Waals surface area contributed by atoms with Gasteiger partial charge in [0.1, 0.15) is 5.82 Å². The molecular weight excluding hydrogens is 191 g/mol. The summed E-state index contributed by atoms with van der Waals surface area (Å²) in [6.45, 7) is 6.04. The Morgan fingerprint density at radius 2 is 2.20 bits per heavy atom. The predicted molar refractivity (Wildman–Crippen MR) is 62.8 cm³/mol. The number of anilines is 1. The van der Waals surface area contributed by atoms with Gasteiger partial charge in [0.05, 0.1) is 0 Å². The molecule has 0 aliphatic carbocycles. The van der Waals surface area contributed by atoms with Crippen LogP contribution in [0, 0.1) is 5.82 Å². The maximum atomic E-state index is 13.0. The Hall–Kier alpha value is -1.09. The number of hydrogen-bond donors (Lipinski definition) is 1. The van der Waals surface area contributed by atoms with Crippen LogP contribution < -0.4 is 10.2 Å². The molecule has 0 saturated carbocycles. The number of nitrogens with one attached hydrogen (secondary N) is 1. The van der Waals surface area contributed by atoms with E-state index < -0.39 is 0 Å². The lowest BCUT2D eigenvalue weighted by atomic mass is 10.2. The van der Waals surface area contributed by atoms with Gasteiger partial charge in [0, 0.05) is 25.3 Å². The molecule has 0 bridgehead atoms. The average molecular weight is 210 g/mol. The predicted octanol–water partition coefficient (Wildman–Crippen LogP) is 2.26. The van der Waals surface area contributed by atoms with Gasteiger partial charge in [-0.2, -0.15) is 0 Å². The number of nitrogens with zero attached hydrogens (tertiary/aromatic N) is 1. The largest absolute Gasteiger partial charge is 0.373 e. The maximum absolute atomic E-state index is 13.0. The molecule has 1 unspecified atom stereocenters. The average Bonchev–Trinajstić information content (AvgIpc) is 2.18. The smallest absolute Gasteiger partial charge is 0.125 e. The molecule has 1 atom stereocenters. The number of likely N-dealkylation sites (N-methyl/N-ethyl adjacent to an activating group) is 2. The molecule has 0 spiro atoms. The van der Waals surface area contributed by atoms with Gasteiger partial charge < -0.3 is 10.2 Å². The first kappa shape index (κ1) is 12.0. The van der Waals surface area contributed by atoms with Gasteiger partial charge in [-0.1, -0.05) is 13.0 Å². The van der Waals surface area contributed by atoms with E-state index in [0.717, 1.165) is 18.8 Å². The third-order valence-corrected chi connectivity index (χ3v) is 2.35. The second kappa shape index (κ2) is 5.71. The van der Waals surface area contributed by atoms with E-state index in [0.29, 0.717) is 6.04 Å². The van der Waals surface area contributed by atoms with Gasteiger partial charge in [-0.05, 0) is 31.7 Å². The quantitative estimate of drug-likeness (QED) is 0.802. The highest BCUT2D eigenvalue weighted by Crippen LogP contribution is 2.13. The summed E-state index contributed by atoms with van der Waals surface area (Å²) < 4.78 is 13.0. The summed E-state index contributed by atoms with van der Waals surface area (Å²) in [5, 5.41) is 3.33. The van der Waals surface area contributed by atoms with Crippen molar-refractivity contribution in [2.24, 2.45) is 0 Å². The zero-order valence-electron chi connectivity index (χ0n) is 9.63. The van der Waals surface area contributed by atoms with Gasteiger partial charge >= 0.3 is 0 Å². The lowest BCUT2D eigenvalue weighted by molar-refractivity contribution is 0.563. The Balaban J connectivity index is 2.56. The second-order valence-corrected chi connectivity index (χ2v) is 3.82. The van der Waals surface area contributed by atoms with Crippen molar-refractivity contribution in [1.29, 1.82) is 0 Å². The van der Waals surface area contributed by atoms with Crippen molar-refractivity contribution in [3.63, 3.8) is 0 Å². The van der Waals surface area contributed by atoms with E-state index in [2.05, 4.69) is 24.1 Å². The molecule has 0 heterocycles.